The Labute approximate surface area is 50.7 Å². The van der Waals surface area contributed by atoms with Gasteiger partial charge in [0.25, 0.3) is 0 Å². The third-order valence-corrected chi connectivity index (χ3v) is 0. The summed E-state index contributed by atoms with van der Waals surface area (Å²) in [5.41, 5.74) is 0. The van der Waals surface area contributed by atoms with Gasteiger partial charge in [0.1, 0.15) is 0 Å². The van der Waals surface area contributed by atoms with Crippen LogP contribution in [0, 0.1) is 0 Å². The molecule has 2 N–H and O–H groups in total. The van der Waals surface area contributed by atoms with Crippen molar-refractivity contribution in [2.45, 2.75) is 0 Å². The Kier molecular flexibility index (Phi) is 8.27. The second kappa shape index (κ2) is 4.54. The van der Waals surface area contributed by atoms with Gasteiger partial charge in [-0.25, -0.2) is 0 Å². The average molecular weight is 285 g/mol. The SMILES string of the molecule is O=[Si](O)O.[Pb]. The number of hydrogen-bond acceptors (Lipinski definition) is 1. The summed E-state index contributed by atoms with van der Waals surface area (Å²) in [5, 5.41) is 0. The van der Waals surface area contributed by atoms with E-state index in [4.69, 9.17) is 14.1 Å². The topological polar surface area (TPSA) is 57.5 Å². The van der Waals surface area contributed by atoms with Crippen molar-refractivity contribution in [1.29, 1.82) is 0 Å². The van der Waals surface area contributed by atoms with Crippen molar-refractivity contribution in [3.8, 4) is 0 Å². The van der Waals surface area contributed by atoms with Crippen LogP contribution in [0.25, 0.3) is 0 Å². The molecule has 0 aliphatic rings. The van der Waals surface area contributed by atoms with Crippen molar-refractivity contribution < 1.29 is 14.1 Å². The summed E-state index contributed by atoms with van der Waals surface area (Å²) in [7, 11) is -3.13. The van der Waals surface area contributed by atoms with E-state index in [-0.39, 0.29) is 27.3 Å². The molecule has 0 unspecified atom stereocenters. The molecule has 0 saturated carbocycles. The van der Waals surface area contributed by atoms with Crippen LogP contribution < -0.4 is 0 Å². The first-order valence-electron chi connectivity index (χ1n) is 0.651. The fraction of sp³-hybridized carbons (Fsp3) is 0. The molecule has 0 atom stereocenters. The van der Waals surface area contributed by atoms with Crippen LogP contribution in [0.3, 0.4) is 0 Å². The molecule has 0 aliphatic carbocycles. The summed E-state index contributed by atoms with van der Waals surface area (Å²) < 4.78 is 8.74. The van der Waals surface area contributed by atoms with E-state index in [1.807, 2.05) is 0 Å². The van der Waals surface area contributed by atoms with Gasteiger partial charge >= 0.3 is 9.17 Å². The minimum atomic E-state index is -3.13. The van der Waals surface area contributed by atoms with Crippen molar-refractivity contribution in [3.63, 3.8) is 0 Å². The zero-order chi connectivity index (χ0) is 3.58. The Morgan fingerprint density at radius 2 is 1.40 bits per heavy atom. The summed E-state index contributed by atoms with van der Waals surface area (Å²) in [6.07, 6.45) is 0. The summed E-state index contributed by atoms with van der Waals surface area (Å²) in [5.74, 6) is 0. The molecule has 4 radical (unpaired) electrons. The van der Waals surface area contributed by atoms with Gasteiger partial charge in [-0.2, -0.15) is 0 Å². The van der Waals surface area contributed by atoms with Crippen molar-refractivity contribution in [2.24, 2.45) is 0 Å². The van der Waals surface area contributed by atoms with Crippen LogP contribution in [0.2, 0.25) is 0 Å². The fourth-order valence-electron chi connectivity index (χ4n) is 0. The molecule has 28 valence electrons. The van der Waals surface area contributed by atoms with Gasteiger partial charge in [0.2, 0.25) is 0 Å². The maximum Gasteiger partial charge on any atom is 0.761 e. The fourth-order valence-corrected chi connectivity index (χ4v) is 0. The molecular formula is H2O3PbSi. The van der Waals surface area contributed by atoms with Crippen LogP contribution in [0.5, 0.6) is 0 Å². The van der Waals surface area contributed by atoms with E-state index in [1.54, 1.807) is 0 Å². The van der Waals surface area contributed by atoms with E-state index in [0.29, 0.717) is 0 Å². The van der Waals surface area contributed by atoms with Gasteiger partial charge in [-0.3, -0.25) is 4.46 Å². The Morgan fingerprint density at radius 3 is 1.40 bits per heavy atom. The molecule has 0 bridgehead atoms. The Balaban J connectivity index is 0. The minimum absolute atomic E-state index is 0. The molecule has 0 fully saturated rings. The van der Waals surface area contributed by atoms with Crippen molar-refractivity contribution in [3.05, 3.63) is 0 Å². The molecule has 0 amide bonds. The van der Waals surface area contributed by atoms with E-state index >= 15 is 0 Å². The summed E-state index contributed by atoms with van der Waals surface area (Å²) in [6, 6.07) is 0. The van der Waals surface area contributed by atoms with Gasteiger partial charge in [-0.15, -0.1) is 0 Å². The molecule has 5 heteroatoms. The number of hydrogen-bond donors (Lipinski definition) is 2. The van der Waals surface area contributed by atoms with E-state index in [0.717, 1.165) is 0 Å². The maximum absolute atomic E-state index is 8.74. The molecule has 0 rings (SSSR count). The van der Waals surface area contributed by atoms with Crippen LogP contribution in [-0.4, -0.2) is 46.1 Å². The summed E-state index contributed by atoms with van der Waals surface area (Å²) in [4.78, 5) is 14.3. The summed E-state index contributed by atoms with van der Waals surface area (Å²) in [6.45, 7) is 0. The summed E-state index contributed by atoms with van der Waals surface area (Å²) >= 11 is 0. The number of rotatable bonds is 0. The van der Waals surface area contributed by atoms with E-state index in [9.17, 15) is 0 Å². The van der Waals surface area contributed by atoms with Gasteiger partial charge < -0.3 is 9.59 Å². The quantitative estimate of drug-likeness (QED) is 0.507. The van der Waals surface area contributed by atoms with E-state index in [1.165, 1.54) is 0 Å². The third-order valence-electron chi connectivity index (χ3n) is 0. The maximum atomic E-state index is 8.74. The molecule has 0 spiro atoms. The molecule has 3 nitrogen and oxygen atoms in total. The first kappa shape index (κ1) is 9.11. The molecule has 0 aliphatic heterocycles. The van der Waals surface area contributed by atoms with Gasteiger partial charge in [-0.05, 0) is 0 Å². The normalized spacial score (nSPS) is 4.80. The zero-order valence-electron chi connectivity index (χ0n) is 2.30. The van der Waals surface area contributed by atoms with Crippen LogP contribution >= 0.6 is 0 Å². The molecular weight excluding hydrogens is 283 g/mol. The van der Waals surface area contributed by atoms with Crippen molar-refractivity contribution >= 4 is 36.5 Å². The Morgan fingerprint density at radius 1 is 1.40 bits per heavy atom. The molecule has 5 heavy (non-hydrogen) atoms. The van der Waals surface area contributed by atoms with Gasteiger partial charge in [0.15, 0.2) is 0 Å². The second-order valence-corrected chi connectivity index (χ2v) is 0.848. The van der Waals surface area contributed by atoms with Crippen molar-refractivity contribution in [1.82, 2.24) is 0 Å². The van der Waals surface area contributed by atoms with Crippen molar-refractivity contribution in [2.75, 3.05) is 0 Å². The average Bonchev–Trinajstić information content (AvgIpc) is 0.811. The van der Waals surface area contributed by atoms with Crippen LogP contribution in [0.15, 0.2) is 0 Å². The monoisotopic (exact) mass is 286 g/mol. The third kappa shape index (κ3) is 101. The van der Waals surface area contributed by atoms with Crippen LogP contribution in [0.4, 0.5) is 0 Å². The molecule has 0 aromatic rings. The van der Waals surface area contributed by atoms with Crippen LogP contribution in [-0.2, 0) is 4.46 Å². The van der Waals surface area contributed by atoms with Crippen LogP contribution in [0.1, 0.15) is 0 Å². The molecule has 0 aromatic carbocycles. The van der Waals surface area contributed by atoms with Gasteiger partial charge in [0.05, 0.1) is 0 Å². The van der Waals surface area contributed by atoms with E-state index < -0.39 is 9.17 Å². The standard InChI is InChI=1S/H2O3Si.Pb/c1-4(2)3;/h1-2H;. The van der Waals surface area contributed by atoms with E-state index in [2.05, 4.69) is 0 Å². The predicted octanol–water partition coefficient (Wildman–Crippen LogP) is -1.99. The minimum Gasteiger partial charge on any atom is -0.511 e. The molecule has 0 aromatic heterocycles. The zero-order valence-corrected chi connectivity index (χ0v) is 7.19. The van der Waals surface area contributed by atoms with Gasteiger partial charge in [0, 0.05) is 27.3 Å². The Bertz CT molecular complexity index is 29.9. The smallest absolute Gasteiger partial charge is 0.511 e. The predicted molar refractivity (Wildman–Crippen MR) is 16.6 cm³/mol. The largest absolute Gasteiger partial charge is 0.761 e. The first-order chi connectivity index (χ1) is 1.73. The Hall–Kier alpha value is 0.539. The molecule has 0 saturated heterocycles. The first-order valence-corrected chi connectivity index (χ1v) is 1.95. The second-order valence-electron chi connectivity index (χ2n) is 0.283. The molecule has 0 heterocycles. The van der Waals surface area contributed by atoms with Gasteiger partial charge in [-0.1, -0.05) is 0 Å².